The highest BCUT2D eigenvalue weighted by Gasteiger charge is 2.32. The maximum atomic E-state index is 12.2. The van der Waals surface area contributed by atoms with Crippen molar-refractivity contribution in [3.05, 3.63) is 24.3 Å². The molecule has 1 aliphatic carbocycles. The predicted octanol–water partition coefficient (Wildman–Crippen LogP) is 4.11. The van der Waals surface area contributed by atoms with Crippen molar-refractivity contribution in [2.24, 2.45) is 11.3 Å². The van der Waals surface area contributed by atoms with Crippen LogP contribution < -0.4 is 5.32 Å². The lowest BCUT2D eigenvalue weighted by Gasteiger charge is -2.39. The first-order valence-corrected chi connectivity index (χ1v) is 9.47. The zero-order valence-corrected chi connectivity index (χ0v) is 14.3. The van der Waals surface area contributed by atoms with E-state index in [9.17, 15) is 8.42 Å². The zero-order chi connectivity index (χ0) is 15.7. The summed E-state index contributed by atoms with van der Waals surface area (Å²) in [6.45, 7) is 8.57. The fourth-order valence-electron chi connectivity index (χ4n) is 3.69. The molecule has 1 aliphatic rings. The number of para-hydroxylation sites is 1. The van der Waals surface area contributed by atoms with Crippen molar-refractivity contribution < 1.29 is 8.42 Å². The van der Waals surface area contributed by atoms with Gasteiger partial charge in [0.15, 0.2) is 9.84 Å². The number of rotatable bonds is 4. The van der Waals surface area contributed by atoms with Gasteiger partial charge in [0.2, 0.25) is 0 Å². The summed E-state index contributed by atoms with van der Waals surface area (Å²) in [5, 5.41) is 3.50. The summed E-state index contributed by atoms with van der Waals surface area (Å²) in [6.07, 6.45) is 3.42. The number of anilines is 1. The summed E-state index contributed by atoms with van der Waals surface area (Å²) in [4.78, 5) is 0.434. The van der Waals surface area contributed by atoms with Gasteiger partial charge in [-0.1, -0.05) is 39.8 Å². The Bertz CT molecular complexity index is 593. The van der Waals surface area contributed by atoms with Crippen LogP contribution in [0.15, 0.2) is 29.2 Å². The third-order valence-corrected chi connectivity index (χ3v) is 6.13. The molecule has 1 aromatic rings. The van der Waals surface area contributed by atoms with Crippen molar-refractivity contribution in [2.75, 3.05) is 11.1 Å². The molecule has 1 saturated carbocycles. The number of benzene rings is 1. The van der Waals surface area contributed by atoms with E-state index >= 15 is 0 Å². The summed E-state index contributed by atoms with van der Waals surface area (Å²) in [6, 6.07) is 7.63. The molecule has 0 aromatic heterocycles. The number of hydrogen-bond donors (Lipinski definition) is 1. The van der Waals surface area contributed by atoms with Crippen molar-refractivity contribution in [3.63, 3.8) is 0 Å². The Morgan fingerprint density at radius 1 is 1.24 bits per heavy atom. The van der Waals surface area contributed by atoms with Gasteiger partial charge < -0.3 is 5.32 Å². The van der Waals surface area contributed by atoms with Crippen LogP contribution in [0.5, 0.6) is 0 Å². The third kappa shape index (κ3) is 4.00. The first-order valence-electron chi connectivity index (χ1n) is 7.82. The van der Waals surface area contributed by atoms with Gasteiger partial charge >= 0.3 is 0 Å². The quantitative estimate of drug-likeness (QED) is 0.910. The first-order chi connectivity index (χ1) is 9.73. The van der Waals surface area contributed by atoms with E-state index in [4.69, 9.17) is 0 Å². The van der Waals surface area contributed by atoms with E-state index in [0.29, 0.717) is 22.3 Å². The zero-order valence-electron chi connectivity index (χ0n) is 13.5. The number of sulfone groups is 1. The Kier molecular flexibility index (Phi) is 4.66. The minimum atomic E-state index is -3.18. The first kappa shape index (κ1) is 16.3. The third-order valence-electron chi connectivity index (χ3n) is 4.35. The maximum Gasteiger partial charge on any atom is 0.180 e. The Labute approximate surface area is 129 Å². The summed E-state index contributed by atoms with van der Waals surface area (Å²) in [7, 11) is -3.18. The average Bonchev–Trinajstić information content (AvgIpc) is 2.36. The van der Waals surface area contributed by atoms with Crippen LogP contribution >= 0.6 is 0 Å². The molecule has 2 rings (SSSR count). The Morgan fingerprint density at radius 3 is 2.52 bits per heavy atom. The van der Waals surface area contributed by atoms with Crippen molar-refractivity contribution in [2.45, 2.75) is 57.9 Å². The van der Waals surface area contributed by atoms with Crippen LogP contribution in [0.3, 0.4) is 0 Å². The average molecular weight is 309 g/mol. The van der Waals surface area contributed by atoms with Gasteiger partial charge in [0.05, 0.1) is 16.3 Å². The highest BCUT2D eigenvalue weighted by Crippen LogP contribution is 2.40. The van der Waals surface area contributed by atoms with Gasteiger partial charge in [-0.15, -0.1) is 0 Å². The van der Waals surface area contributed by atoms with E-state index in [2.05, 4.69) is 26.1 Å². The van der Waals surface area contributed by atoms with E-state index in [0.717, 1.165) is 18.5 Å². The number of hydrogen-bond acceptors (Lipinski definition) is 3. The van der Waals surface area contributed by atoms with Crippen LogP contribution in [0.4, 0.5) is 5.69 Å². The molecular weight excluding hydrogens is 282 g/mol. The number of nitrogens with one attached hydrogen (secondary N) is 1. The normalized spacial score (nSPS) is 25.5. The second kappa shape index (κ2) is 5.99. The summed E-state index contributed by atoms with van der Waals surface area (Å²) >= 11 is 0. The van der Waals surface area contributed by atoms with Crippen LogP contribution in [0, 0.1) is 11.3 Å². The van der Waals surface area contributed by atoms with Gasteiger partial charge in [-0.3, -0.25) is 0 Å². The Morgan fingerprint density at radius 2 is 1.90 bits per heavy atom. The van der Waals surface area contributed by atoms with Crippen LogP contribution in [-0.4, -0.2) is 20.2 Å². The molecule has 1 aromatic carbocycles. The van der Waals surface area contributed by atoms with Gasteiger partial charge in [-0.05, 0) is 42.7 Å². The monoisotopic (exact) mass is 309 g/mol. The molecule has 21 heavy (non-hydrogen) atoms. The fourth-order valence-corrected chi connectivity index (χ4v) is 4.75. The molecular formula is C17H27NO2S. The van der Waals surface area contributed by atoms with Gasteiger partial charge in [-0.25, -0.2) is 8.42 Å². The highest BCUT2D eigenvalue weighted by molar-refractivity contribution is 7.91. The molecule has 1 N–H and O–H groups in total. The van der Waals surface area contributed by atoms with Crippen LogP contribution in [-0.2, 0) is 9.84 Å². The summed E-state index contributed by atoms with van der Waals surface area (Å²) < 4.78 is 24.4. The molecule has 4 heteroatoms. The minimum Gasteiger partial charge on any atom is -0.381 e. The van der Waals surface area contributed by atoms with Crippen molar-refractivity contribution in [1.82, 2.24) is 0 Å². The maximum absolute atomic E-state index is 12.2. The Hall–Kier alpha value is -1.03. The van der Waals surface area contributed by atoms with Crippen molar-refractivity contribution in [1.29, 1.82) is 0 Å². The van der Waals surface area contributed by atoms with Crippen LogP contribution in [0.1, 0.15) is 47.0 Å². The van der Waals surface area contributed by atoms with E-state index in [1.54, 1.807) is 19.1 Å². The summed E-state index contributed by atoms with van der Waals surface area (Å²) in [5.74, 6) is 0.805. The topological polar surface area (TPSA) is 46.2 Å². The molecule has 0 amide bonds. The summed E-state index contributed by atoms with van der Waals surface area (Å²) in [5.41, 5.74) is 1.07. The predicted molar refractivity (Wildman–Crippen MR) is 88.4 cm³/mol. The van der Waals surface area contributed by atoms with E-state index in [-0.39, 0.29) is 5.75 Å². The molecule has 0 radical (unpaired) electrons. The van der Waals surface area contributed by atoms with E-state index in [1.807, 2.05) is 12.1 Å². The molecule has 3 nitrogen and oxygen atoms in total. The molecule has 0 heterocycles. The van der Waals surface area contributed by atoms with Gasteiger partial charge in [-0.2, -0.15) is 0 Å². The molecule has 0 bridgehead atoms. The molecule has 0 spiro atoms. The standard InChI is InChI=1S/C17H27NO2S/c1-5-21(19,20)16-9-7-6-8-15(16)18-14-10-13(2)11-17(3,4)12-14/h6-9,13-14,18H,5,10-12H2,1-4H3. The highest BCUT2D eigenvalue weighted by atomic mass is 32.2. The molecule has 0 saturated heterocycles. The molecule has 0 aliphatic heterocycles. The second-order valence-electron chi connectivity index (χ2n) is 7.15. The fraction of sp³-hybridized carbons (Fsp3) is 0.647. The van der Waals surface area contributed by atoms with Crippen LogP contribution in [0.2, 0.25) is 0 Å². The van der Waals surface area contributed by atoms with E-state index in [1.165, 1.54) is 6.42 Å². The van der Waals surface area contributed by atoms with Crippen molar-refractivity contribution in [3.8, 4) is 0 Å². The lowest BCUT2D eigenvalue weighted by Crippen LogP contribution is -2.35. The van der Waals surface area contributed by atoms with Crippen molar-refractivity contribution >= 4 is 15.5 Å². The second-order valence-corrected chi connectivity index (χ2v) is 9.40. The lowest BCUT2D eigenvalue weighted by atomic mass is 9.70. The van der Waals surface area contributed by atoms with Crippen LogP contribution in [0.25, 0.3) is 0 Å². The Balaban J connectivity index is 2.24. The van der Waals surface area contributed by atoms with Gasteiger partial charge in [0, 0.05) is 6.04 Å². The largest absolute Gasteiger partial charge is 0.381 e. The molecule has 2 unspecified atom stereocenters. The van der Waals surface area contributed by atoms with E-state index < -0.39 is 9.84 Å². The van der Waals surface area contributed by atoms with Gasteiger partial charge in [0.25, 0.3) is 0 Å². The molecule has 1 fully saturated rings. The molecule has 2 atom stereocenters. The smallest absolute Gasteiger partial charge is 0.180 e. The molecule has 118 valence electrons. The minimum absolute atomic E-state index is 0.137. The lowest BCUT2D eigenvalue weighted by molar-refractivity contribution is 0.178. The SMILES string of the molecule is CCS(=O)(=O)c1ccccc1NC1CC(C)CC(C)(C)C1. The van der Waals surface area contributed by atoms with Gasteiger partial charge in [0.1, 0.15) is 0 Å².